The number of aromatic nitrogens is 3. The topological polar surface area (TPSA) is 116 Å². The monoisotopic (exact) mass is 461 g/mol. The van der Waals surface area contributed by atoms with Crippen LogP contribution in [-0.4, -0.2) is 66.6 Å². The second-order valence-corrected chi connectivity index (χ2v) is 8.93. The first-order chi connectivity index (χ1) is 15.3. The van der Waals surface area contributed by atoms with Gasteiger partial charge in [-0.05, 0) is 48.0 Å². The number of hydrogen-bond acceptors (Lipinski definition) is 7. The van der Waals surface area contributed by atoms with Crippen LogP contribution in [0.1, 0.15) is 19.4 Å². The van der Waals surface area contributed by atoms with Crippen molar-refractivity contribution < 1.29 is 22.8 Å². The van der Waals surface area contributed by atoms with Crippen LogP contribution in [0.15, 0.2) is 47.4 Å². The molecule has 10 nitrogen and oxygen atoms in total. The first-order valence-electron chi connectivity index (χ1n) is 10.3. The van der Waals surface area contributed by atoms with Gasteiger partial charge in [-0.1, -0.05) is 30.8 Å². The zero-order valence-electron chi connectivity index (χ0n) is 18.3. The number of benzene rings is 2. The van der Waals surface area contributed by atoms with E-state index >= 15 is 0 Å². The Labute approximate surface area is 187 Å². The number of carbonyl (C=O) groups excluding carboxylic acids is 1. The maximum atomic E-state index is 12.8. The largest absolute Gasteiger partial charge is 0.492 e. The fourth-order valence-corrected chi connectivity index (χ4v) is 4.56. The van der Waals surface area contributed by atoms with Gasteiger partial charge in [0, 0.05) is 13.1 Å². The molecule has 0 aliphatic heterocycles. The van der Waals surface area contributed by atoms with E-state index in [1.807, 2.05) is 31.2 Å². The van der Waals surface area contributed by atoms with Gasteiger partial charge in [-0.2, -0.15) is 4.31 Å². The van der Waals surface area contributed by atoms with Crippen LogP contribution >= 0.6 is 0 Å². The van der Waals surface area contributed by atoms with Crippen LogP contribution in [0.25, 0.3) is 11.0 Å². The maximum Gasteiger partial charge on any atom is 0.260 e. The van der Waals surface area contributed by atoms with Gasteiger partial charge in [0.1, 0.15) is 23.4 Å². The normalized spacial score (nSPS) is 11.6. The summed E-state index contributed by atoms with van der Waals surface area (Å²) in [5.41, 5.74) is 1.90. The molecule has 0 radical (unpaired) electrons. The number of carbonyl (C=O) groups is 1. The first-order valence-corrected chi connectivity index (χ1v) is 11.7. The minimum absolute atomic E-state index is 0.110. The Kier molecular flexibility index (Phi) is 7.65. The maximum absolute atomic E-state index is 12.8. The van der Waals surface area contributed by atoms with E-state index in [4.69, 9.17) is 9.57 Å². The summed E-state index contributed by atoms with van der Waals surface area (Å²) in [4.78, 5) is 18.7. The molecule has 32 heavy (non-hydrogen) atoms. The van der Waals surface area contributed by atoms with E-state index in [9.17, 15) is 13.2 Å². The van der Waals surface area contributed by atoms with Crippen molar-refractivity contribution in [1.29, 1.82) is 0 Å². The molecular weight excluding hydrogens is 434 g/mol. The SMILES string of the molecule is CCN(CC)S(=O)(=O)c1ccc2nnn(OCC(=O)NCCOc3cccc(C)c3)c2c1. The third-order valence-corrected chi connectivity index (χ3v) is 6.78. The predicted octanol–water partition coefficient (Wildman–Crippen LogP) is 1.39. The lowest BCUT2D eigenvalue weighted by Crippen LogP contribution is -2.34. The minimum Gasteiger partial charge on any atom is -0.492 e. The number of nitrogens with one attached hydrogen (secondary N) is 1. The molecule has 1 N–H and O–H groups in total. The third kappa shape index (κ3) is 5.54. The van der Waals surface area contributed by atoms with Crippen molar-refractivity contribution in [3.8, 4) is 5.75 Å². The lowest BCUT2D eigenvalue weighted by atomic mass is 10.2. The number of nitrogens with zero attached hydrogens (tertiary/aromatic N) is 4. The van der Waals surface area contributed by atoms with Gasteiger partial charge in [-0.3, -0.25) is 4.79 Å². The Balaban J connectivity index is 1.57. The molecule has 0 aliphatic rings. The molecule has 172 valence electrons. The summed E-state index contributed by atoms with van der Waals surface area (Å²) in [6.07, 6.45) is 0. The molecule has 0 spiro atoms. The molecule has 0 fully saturated rings. The standard InChI is InChI=1S/C21H27N5O5S/c1-4-25(5-2)32(28,29)18-9-10-19-20(14-18)26(24-23-19)31-15-21(27)22-11-12-30-17-8-6-7-16(3)13-17/h6-10,13-14H,4-5,11-12,15H2,1-3H3,(H,22,27). The molecule has 0 saturated heterocycles. The van der Waals surface area contributed by atoms with Crippen LogP contribution in [0.5, 0.6) is 5.75 Å². The average molecular weight is 462 g/mol. The number of sulfonamides is 1. The van der Waals surface area contributed by atoms with Crippen molar-refractivity contribution in [1.82, 2.24) is 24.8 Å². The van der Waals surface area contributed by atoms with Crippen LogP contribution in [0.4, 0.5) is 0 Å². The van der Waals surface area contributed by atoms with Crippen LogP contribution in [0.3, 0.4) is 0 Å². The summed E-state index contributed by atoms with van der Waals surface area (Å²) in [6.45, 7) is 6.56. The van der Waals surface area contributed by atoms with Crippen molar-refractivity contribution in [2.45, 2.75) is 25.7 Å². The summed E-state index contributed by atoms with van der Waals surface area (Å²) in [5, 5.41) is 10.5. The lowest BCUT2D eigenvalue weighted by molar-refractivity contribution is -0.126. The van der Waals surface area contributed by atoms with Crippen LogP contribution in [-0.2, 0) is 14.8 Å². The first kappa shape index (κ1) is 23.5. The van der Waals surface area contributed by atoms with Crippen molar-refractivity contribution in [3.63, 3.8) is 0 Å². The van der Waals surface area contributed by atoms with Crippen molar-refractivity contribution >= 4 is 27.0 Å². The number of ether oxygens (including phenoxy) is 1. The zero-order chi connectivity index (χ0) is 23.1. The molecule has 3 aromatic rings. The Hall–Kier alpha value is -3.18. The quantitative estimate of drug-likeness (QED) is 0.429. The van der Waals surface area contributed by atoms with Gasteiger partial charge >= 0.3 is 0 Å². The Morgan fingerprint density at radius 1 is 1.16 bits per heavy atom. The number of hydrogen-bond donors (Lipinski definition) is 1. The van der Waals surface area contributed by atoms with Gasteiger partial charge in [0.05, 0.1) is 11.4 Å². The smallest absolute Gasteiger partial charge is 0.260 e. The Morgan fingerprint density at radius 2 is 1.94 bits per heavy atom. The zero-order valence-corrected chi connectivity index (χ0v) is 19.1. The molecule has 1 aromatic heterocycles. The van der Waals surface area contributed by atoms with Crippen molar-refractivity contribution in [2.24, 2.45) is 0 Å². The van der Waals surface area contributed by atoms with E-state index < -0.39 is 10.0 Å². The predicted molar refractivity (Wildman–Crippen MR) is 119 cm³/mol. The van der Waals surface area contributed by atoms with Crippen molar-refractivity contribution in [2.75, 3.05) is 32.8 Å². The molecular formula is C21H27N5O5S. The lowest BCUT2D eigenvalue weighted by Gasteiger charge is -2.18. The summed E-state index contributed by atoms with van der Waals surface area (Å²) < 4.78 is 32.5. The van der Waals surface area contributed by atoms with E-state index in [0.717, 1.165) is 16.2 Å². The summed E-state index contributed by atoms with van der Waals surface area (Å²) in [6, 6.07) is 12.1. The fraction of sp³-hybridized carbons (Fsp3) is 0.381. The van der Waals surface area contributed by atoms with Crippen LogP contribution in [0.2, 0.25) is 0 Å². The van der Waals surface area contributed by atoms with E-state index in [1.54, 1.807) is 19.9 Å². The van der Waals surface area contributed by atoms with E-state index in [0.29, 0.717) is 37.3 Å². The summed E-state index contributed by atoms with van der Waals surface area (Å²) >= 11 is 0. The molecule has 11 heteroatoms. The van der Waals surface area contributed by atoms with Crippen molar-refractivity contribution in [3.05, 3.63) is 48.0 Å². The number of aryl methyl sites for hydroxylation is 1. The molecule has 3 rings (SSSR count). The highest BCUT2D eigenvalue weighted by Gasteiger charge is 2.23. The molecule has 0 atom stereocenters. The van der Waals surface area contributed by atoms with Gasteiger partial charge < -0.3 is 14.9 Å². The highest BCUT2D eigenvalue weighted by atomic mass is 32.2. The fourth-order valence-electron chi connectivity index (χ4n) is 3.08. The van der Waals surface area contributed by atoms with Crippen LogP contribution in [0, 0.1) is 6.92 Å². The van der Waals surface area contributed by atoms with Gasteiger partial charge in [0.25, 0.3) is 5.91 Å². The van der Waals surface area contributed by atoms with E-state index in [2.05, 4.69) is 15.6 Å². The number of fused-ring (bicyclic) bond motifs is 1. The summed E-state index contributed by atoms with van der Waals surface area (Å²) in [7, 11) is -3.64. The highest BCUT2D eigenvalue weighted by molar-refractivity contribution is 7.89. The Morgan fingerprint density at radius 3 is 2.66 bits per heavy atom. The van der Waals surface area contributed by atoms with Gasteiger partial charge in [0.15, 0.2) is 6.61 Å². The Bertz CT molecular complexity index is 1170. The van der Waals surface area contributed by atoms with Crippen LogP contribution < -0.4 is 14.9 Å². The second-order valence-electron chi connectivity index (χ2n) is 6.99. The molecule has 0 unspecified atom stereocenters. The number of rotatable bonds is 11. The van der Waals surface area contributed by atoms with Gasteiger partial charge in [-0.25, -0.2) is 8.42 Å². The average Bonchev–Trinajstić information content (AvgIpc) is 3.18. The summed E-state index contributed by atoms with van der Waals surface area (Å²) in [5.74, 6) is 0.369. The van der Waals surface area contributed by atoms with E-state index in [1.165, 1.54) is 16.4 Å². The molecule has 2 aromatic carbocycles. The molecule has 0 saturated carbocycles. The molecule has 1 heterocycles. The molecule has 0 bridgehead atoms. The van der Waals surface area contributed by atoms with Gasteiger partial charge in [-0.15, -0.1) is 5.10 Å². The van der Waals surface area contributed by atoms with E-state index in [-0.39, 0.29) is 17.4 Å². The molecule has 0 aliphatic carbocycles. The second kappa shape index (κ2) is 10.4. The molecule has 1 amide bonds. The minimum atomic E-state index is -3.64. The number of amides is 1. The van der Waals surface area contributed by atoms with Gasteiger partial charge in [0.2, 0.25) is 10.0 Å². The highest BCUT2D eigenvalue weighted by Crippen LogP contribution is 2.20. The third-order valence-electron chi connectivity index (χ3n) is 4.73.